The van der Waals surface area contributed by atoms with E-state index < -0.39 is 0 Å². The van der Waals surface area contributed by atoms with Crippen molar-refractivity contribution in [3.8, 4) is 28.6 Å². The highest BCUT2D eigenvalue weighted by Gasteiger charge is 2.19. The van der Waals surface area contributed by atoms with Crippen LogP contribution in [-0.2, 0) is 4.74 Å². The molecule has 0 spiro atoms. The number of halogens is 1. The second kappa shape index (κ2) is 11.0. The maximum Gasteiger partial charge on any atom is 0.226 e. The van der Waals surface area contributed by atoms with Crippen LogP contribution in [0.4, 0.5) is 16.3 Å². The lowest BCUT2D eigenvalue weighted by atomic mass is 10.1. The molecule has 1 saturated heterocycles. The minimum absolute atomic E-state index is 0.0102. The van der Waals surface area contributed by atoms with Gasteiger partial charge in [-0.15, -0.1) is 0 Å². The van der Waals surface area contributed by atoms with Crippen molar-refractivity contribution in [2.45, 2.75) is 13.0 Å². The van der Waals surface area contributed by atoms with Gasteiger partial charge in [-0.3, -0.25) is 4.57 Å². The van der Waals surface area contributed by atoms with Crippen LogP contribution in [0.2, 0.25) is 0 Å². The topological polar surface area (TPSA) is 93.9 Å². The van der Waals surface area contributed by atoms with Crippen molar-refractivity contribution in [3.63, 3.8) is 0 Å². The molecule has 1 atom stereocenters. The molecule has 6 rings (SSSR count). The van der Waals surface area contributed by atoms with Crippen molar-refractivity contribution in [1.29, 1.82) is 0 Å². The van der Waals surface area contributed by atoms with Crippen molar-refractivity contribution in [2.24, 2.45) is 0 Å². The molecule has 10 heteroatoms. The summed E-state index contributed by atoms with van der Waals surface area (Å²) in [4.78, 5) is 25.5. The molecule has 0 bridgehead atoms. The number of benzene rings is 2. The lowest BCUT2D eigenvalue weighted by Crippen LogP contribution is -2.37. The van der Waals surface area contributed by atoms with Crippen LogP contribution in [0.1, 0.15) is 18.5 Å². The fourth-order valence-corrected chi connectivity index (χ4v) is 4.46. The lowest BCUT2D eigenvalue weighted by Gasteiger charge is -2.26. The Morgan fingerprint density at radius 3 is 2.41 bits per heavy atom. The Kier molecular flexibility index (Phi) is 6.92. The molecule has 0 aliphatic carbocycles. The molecule has 1 aliphatic rings. The van der Waals surface area contributed by atoms with Gasteiger partial charge in [0.1, 0.15) is 23.2 Å². The zero-order chi connectivity index (χ0) is 26.6. The Bertz CT molecular complexity index is 1550. The molecular formula is C29H27FN8O. The SMILES string of the molecule is C[C@H](Nc1nccc(-n2cc(-c3ccnc(N4CCOCC4)n3)nc2-c2ccc(F)cc2)n1)c1ccccc1. The number of nitrogens with one attached hydrogen (secondary N) is 1. The molecule has 2 aromatic carbocycles. The number of ether oxygens (including phenoxy) is 1. The van der Waals surface area contributed by atoms with Gasteiger partial charge in [-0.1, -0.05) is 30.3 Å². The smallest absolute Gasteiger partial charge is 0.226 e. The summed E-state index contributed by atoms with van der Waals surface area (Å²) < 4.78 is 21.1. The summed E-state index contributed by atoms with van der Waals surface area (Å²) >= 11 is 0. The Balaban J connectivity index is 1.38. The molecule has 4 heterocycles. The largest absolute Gasteiger partial charge is 0.378 e. The highest BCUT2D eigenvalue weighted by atomic mass is 19.1. The van der Waals surface area contributed by atoms with Crippen LogP contribution >= 0.6 is 0 Å². The molecule has 1 aliphatic heterocycles. The van der Waals surface area contributed by atoms with Gasteiger partial charge < -0.3 is 15.0 Å². The molecule has 1 fully saturated rings. The molecule has 9 nitrogen and oxygen atoms in total. The molecule has 3 aromatic heterocycles. The molecule has 0 radical (unpaired) electrons. The van der Waals surface area contributed by atoms with E-state index in [-0.39, 0.29) is 11.9 Å². The van der Waals surface area contributed by atoms with Gasteiger partial charge in [-0.25, -0.2) is 24.3 Å². The van der Waals surface area contributed by atoms with Gasteiger partial charge in [-0.05, 0) is 48.9 Å². The molecule has 1 N–H and O–H groups in total. The summed E-state index contributed by atoms with van der Waals surface area (Å²) in [7, 11) is 0. The molecule has 0 amide bonds. The second-order valence-corrected chi connectivity index (χ2v) is 9.18. The van der Waals surface area contributed by atoms with Gasteiger partial charge in [-0.2, -0.15) is 4.98 Å². The number of imidazole rings is 1. The third kappa shape index (κ3) is 5.46. The first-order valence-electron chi connectivity index (χ1n) is 12.8. The first-order valence-corrected chi connectivity index (χ1v) is 12.8. The average molecular weight is 523 g/mol. The zero-order valence-corrected chi connectivity index (χ0v) is 21.4. The van der Waals surface area contributed by atoms with E-state index in [4.69, 9.17) is 19.7 Å². The second-order valence-electron chi connectivity index (χ2n) is 9.18. The van der Waals surface area contributed by atoms with Gasteiger partial charge in [0.25, 0.3) is 0 Å². The monoisotopic (exact) mass is 522 g/mol. The molecule has 0 saturated carbocycles. The number of hydrogen-bond acceptors (Lipinski definition) is 8. The standard InChI is InChI=1S/C29H27FN8O/c1-20(21-5-3-2-4-6-21)33-28-31-14-12-26(36-28)38-19-25(34-27(38)22-7-9-23(30)10-8-22)24-11-13-32-29(35-24)37-15-17-39-18-16-37/h2-14,19-20H,15-18H2,1H3,(H,31,33,36)/t20-/m0/s1. The molecule has 0 unspecified atom stereocenters. The molecular weight excluding hydrogens is 495 g/mol. The predicted molar refractivity (Wildman–Crippen MR) is 147 cm³/mol. The first-order chi connectivity index (χ1) is 19.1. The number of aromatic nitrogens is 6. The van der Waals surface area contributed by atoms with Crippen molar-refractivity contribution in [1.82, 2.24) is 29.5 Å². The number of nitrogens with zero attached hydrogens (tertiary/aromatic N) is 7. The summed E-state index contributed by atoms with van der Waals surface area (Å²) in [6.07, 6.45) is 5.33. The predicted octanol–water partition coefficient (Wildman–Crippen LogP) is 4.94. The fraction of sp³-hybridized carbons (Fsp3) is 0.207. The number of morpholine rings is 1. The van der Waals surface area contributed by atoms with Crippen molar-refractivity contribution in [2.75, 3.05) is 36.5 Å². The van der Waals surface area contributed by atoms with Gasteiger partial charge in [0.15, 0.2) is 0 Å². The highest BCUT2D eigenvalue weighted by Crippen LogP contribution is 2.28. The Morgan fingerprint density at radius 1 is 0.846 bits per heavy atom. The normalized spacial score (nSPS) is 14.3. The maximum absolute atomic E-state index is 13.7. The van der Waals surface area contributed by atoms with E-state index in [2.05, 4.69) is 39.2 Å². The van der Waals surface area contributed by atoms with Crippen LogP contribution < -0.4 is 10.2 Å². The van der Waals surface area contributed by atoms with Gasteiger partial charge in [0, 0.05) is 37.2 Å². The molecule has 39 heavy (non-hydrogen) atoms. The van der Waals surface area contributed by atoms with Crippen LogP contribution in [0.5, 0.6) is 0 Å². The van der Waals surface area contributed by atoms with Crippen molar-refractivity contribution < 1.29 is 9.13 Å². The van der Waals surface area contributed by atoms with Crippen LogP contribution in [0.3, 0.4) is 0 Å². The van der Waals surface area contributed by atoms with E-state index in [0.717, 1.165) is 24.2 Å². The van der Waals surface area contributed by atoms with Gasteiger partial charge in [0.05, 0.1) is 24.9 Å². The minimum Gasteiger partial charge on any atom is -0.378 e. The van der Waals surface area contributed by atoms with E-state index in [9.17, 15) is 4.39 Å². The zero-order valence-electron chi connectivity index (χ0n) is 21.4. The summed E-state index contributed by atoms with van der Waals surface area (Å²) in [5, 5.41) is 3.38. The Hall–Kier alpha value is -4.70. The van der Waals surface area contributed by atoms with Crippen LogP contribution in [0.15, 0.2) is 85.3 Å². The summed E-state index contributed by atoms with van der Waals surface area (Å²) in [5.74, 6) is 2.04. The quantitative estimate of drug-likeness (QED) is 0.321. The number of hydrogen-bond donors (Lipinski definition) is 1. The summed E-state index contributed by atoms with van der Waals surface area (Å²) in [6.45, 7) is 4.81. The minimum atomic E-state index is -0.313. The lowest BCUT2D eigenvalue weighted by molar-refractivity contribution is 0.122. The van der Waals surface area contributed by atoms with Crippen LogP contribution in [-0.4, -0.2) is 55.8 Å². The van der Waals surface area contributed by atoms with E-state index in [0.29, 0.717) is 48.1 Å². The number of rotatable bonds is 7. The third-order valence-corrected chi connectivity index (χ3v) is 6.54. The maximum atomic E-state index is 13.7. The molecule has 196 valence electrons. The van der Waals surface area contributed by atoms with E-state index in [1.807, 2.05) is 41.1 Å². The Labute approximate surface area is 225 Å². The van der Waals surface area contributed by atoms with E-state index in [1.54, 1.807) is 24.5 Å². The number of anilines is 2. The average Bonchev–Trinajstić information content (AvgIpc) is 3.44. The summed E-state index contributed by atoms with van der Waals surface area (Å²) in [6, 6.07) is 20.0. The summed E-state index contributed by atoms with van der Waals surface area (Å²) in [5.41, 5.74) is 3.20. The van der Waals surface area contributed by atoms with Crippen molar-refractivity contribution in [3.05, 3.63) is 96.7 Å². The highest BCUT2D eigenvalue weighted by molar-refractivity contribution is 5.65. The van der Waals surface area contributed by atoms with Gasteiger partial charge in [0.2, 0.25) is 11.9 Å². The molecule has 5 aromatic rings. The van der Waals surface area contributed by atoms with Gasteiger partial charge >= 0.3 is 0 Å². The first kappa shape index (κ1) is 24.6. The third-order valence-electron chi connectivity index (χ3n) is 6.54. The van der Waals surface area contributed by atoms with Crippen LogP contribution in [0, 0.1) is 5.82 Å². The fourth-order valence-electron chi connectivity index (χ4n) is 4.46. The Morgan fingerprint density at radius 2 is 1.62 bits per heavy atom. The van der Waals surface area contributed by atoms with Crippen molar-refractivity contribution >= 4 is 11.9 Å². The van der Waals surface area contributed by atoms with E-state index >= 15 is 0 Å². The van der Waals surface area contributed by atoms with E-state index in [1.165, 1.54) is 12.1 Å². The van der Waals surface area contributed by atoms with Crippen LogP contribution in [0.25, 0.3) is 28.6 Å².